The first-order chi connectivity index (χ1) is 8.09. The van der Waals surface area contributed by atoms with Crippen molar-refractivity contribution in [1.82, 2.24) is 5.32 Å². The fourth-order valence-corrected chi connectivity index (χ4v) is 2.32. The van der Waals surface area contributed by atoms with Crippen molar-refractivity contribution in [3.05, 3.63) is 35.4 Å². The molecule has 0 amide bonds. The monoisotopic (exact) mass is 241 g/mol. The van der Waals surface area contributed by atoms with Crippen LogP contribution in [0.3, 0.4) is 0 Å². The first-order valence-corrected chi connectivity index (χ1v) is 5.96. The summed E-state index contributed by atoms with van der Waals surface area (Å²) >= 11 is 0. The van der Waals surface area contributed by atoms with Crippen LogP contribution in [0.4, 0.5) is 8.78 Å². The van der Waals surface area contributed by atoms with Crippen molar-refractivity contribution in [3.63, 3.8) is 0 Å². The molecule has 1 fully saturated rings. The summed E-state index contributed by atoms with van der Waals surface area (Å²) in [4.78, 5) is 0. The predicted octanol–water partition coefficient (Wildman–Crippen LogP) is 2.01. The van der Waals surface area contributed by atoms with Gasteiger partial charge >= 0.3 is 0 Å². The molecule has 0 saturated carbocycles. The van der Waals surface area contributed by atoms with Gasteiger partial charge in [-0.15, -0.1) is 0 Å². The summed E-state index contributed by atoms with van der Waals surface area (Å²) in [6, 6.07) is 3.82. The van der Waals surface area contributed by atoms with Crippen molar-refractivity contribution in [2.24, 2.45) is 0 Å². The van der Waals surface area contributed by atoms with Gasteiger partial charge in [0, 0.05) is 6.42 Å². The maximum absolute atomic E-state index is 13.1. The van der Waals surface area contributed by atoms with E-state index >= 15 is 0 Å². The second kappa shape index (κ2) is 5.10. The molecule has 0 spiro atoms. The van der Waals surface area contributed by atoms with Gasteiger partial charge in [-0.05, 0) is 50.0 Å². The summed E-state index contributed by atoms with van der Waals surface area (Å²) in [7, 11) is 0. The molecule has 17 heavy (non-hydrogen) atoms. The van der Waals surface area contributed by atoms with Gasteiger partial charge in [-0.2, -0.15) is 0 Å². The Bertz CT molecular complexity index is 387. The summed E-state index contributed by atoms with van der Waals surface area (Å²) in [5, 5.41) is 13.6. The maximum atomic E-state index is 13.1. The number of hydrogen-bond donors (Lipinski definition) is 2. The number of nitrogens with one attached hydrogen (secondary N) is 1. The Kier molecular flexibility index (Phi) is 3.74. The van der Waals surface area contributed by atoms with Gasteiger partial charge in [0.2, 0.25) is 0 Å². The van der Waals surface area contributed by atoms with E-state index in [1.807, 2.05) is 0 Å². The van der Waals surface area contributed by atoms with Crippen molar-refractivity contribution in [3.8, 4) is 0 Å². The Hall–Kier alpha value is -1.00. The van der Waals surface area contributed by atoms with Gasteiger partial charge in [-0.25, -0.2) is 8.78 Å². The van der Waals surface area contributed by atoms with Crippen LogP contribution in [0.25, 0.3) is 0 Å². The summed E-state index contributed by atoms with van der Waals surface area (Å²) in [5.74, 6) is -1.69. The molecule has 0 bridgehead atoms. The molecular formula is C13H17F2NO. The molecule has 1 heterocycles. The molecular weight excluding hydrogens is 224 g/mol. The quantitative estimate of drug-likeness (QED) is 0.830. The SMILES string of the molecule is OC1(Cc2ccc(F)c(F)c2)CCCNCC1. The highest BCUT2D eigenvalue weighted by Gasteiger charge is 2.28. The van der Waals surface area contributed by atoms with E-state index in [4.69, 9.17) is 0 Å². The lowest BCUT2D eigenvalue weighted by Crippen LogP contribution is -2.32. The Morgan fingerprint density at radius 3 is 2.76 bits per heavy atom. The minimum Gasteiger partial charge on any atom is -0.389 e. The molecule has 0 aliphatic carbocycles. The number of hydrogen-bond acceptors (Lipinski definition) is 2. The number of aliphatic hydroxyl groups is 1. The third-order valence-electron chi connectivity index (χ3n) is 3.28. The topological polar surface area (TPSA) is 32.3 Å². The van der Waals surface area contributed by atoms with Gasteiger partial charge in [0.15, 0.2) is 11.6 Å². The third-order valence-corrected chi connectivity index (χ3v) is 3.28. The third kappa shape index (κ3) is 3.23. The first-order valence-electron chi connectivity index (χ1n) is 5.96. The van der Waals surface area contributed by atoms with Gasteiger partial charge < -0.3 is 10.4 Å². The largest absolute Gasteiger partial charge is 0.389 e. The van der Waals surface area contributed by atoms with Crippen LogP contribution in [-0.2, 0) is 6.42 Å². The van der Waals surface area contributed by atoms with Gasteiger partial charge in [0.1, 0.15) is 0 Å². The molecule has 0 aromatic heterocycles. The molecule has 94 valence electrons. The number of rotatable bonds is 2. The number of halogens is 2. The van der Waals surface area contributed by atoms with Gasteiger partial charge in [0.25, 0.3) is 0 Å². The smallest absolute Gasteiger partial charge is 0.159 e. The van der Waals surface area contributed by atoms with E-state index in [0.717, 1.165) is 25.6 Å². The van der Waals surface area contributed by atoms with Crippen LogP contribution in [0.15, 0.2) is 18.2 Å². The highest BCUT2D eigenvalue weighted by Crippen LogP contribution is 2.25. The normalized spacial score (nSPS) is 25.6. The minimum absolute atomic E-state index is 0.381. The predicted molar refractivity (Wildman–Crippen MR) is 61.7 cm³/mol. The molecule has 4 heteroatoms. The molecule has 2 nitrogen and oxygen atoms in total. The Morgan fingerprint density at radius 2 is 2.00 bits per heavy atom. The van der Waals surface area contributed by atoms with Gasteiger partial charge in [-0.1, -0.05) is 6.07 Å². The van der Waals surface area contributed by atoms with Crippen LogP contribution in [0.1, 0.15) is 24.8 Å². The molecule has 2 rings (SSSR count). The van der Waals surface area contributed by atoms with Crippen molar-refractivity contribution in [1.29, 1.82) is 0 Å². The molecule has 1 atom stereocenters. The van der Waals surface area contributed by atoms with E-state index in [1.54, 1.807) is 0 Å². The van der Waals surface area contributed by atoms with Crippen molar-refractivity contribution in [2.75, 3.05) is 13.1 Å². The van der Waals surface area contributed by atoms with Crippen molar-refractivity contribution < 1.29 is 13.9 Å². The van der Waals surface area contributed by atoms with E-state index in [0.29, 0.717) is 24.8 Å². The molecule has 1 saturated heterocycles. The lowest BCUT2D eigenvalue weighted by atomic mass is 9.88. The van der Waals surface area contributed by atoms with E-state index < -0.39 is 17.2 Å². The zero-order valence-electron chi connectivity index (χ0n) is 9.68. The lowest BCUT2D eigenvalue weighted by Gasteiger charge is -2.26. The van der Waals surface area contributed by atoms with E-state index in [9.17, 15) is 13.9 Å². The minimum atomic E-state index is -0.849. The van der Waals surface area contributed by atoms with Crippen LogP contribution in [-0.4, -0.2) is 23.8 Å². The maximum Gasteiger partial charge on any atom is 0.159 e. The Labute approximate surface area is 99.7 Å². The molecule has 0 radical (unpaired) electrons. The highest BCUT2D eigenvalue weighted by molar-refractivity contribution is 5.19. The average molecular weight is 241 g/mol. The summed E-state index contributed by atoms with van der Waals surface area (Å²) in [5.41, 5.74) is -0.151. The lowest BCUT2D eigenvalue weighted by molar-refractivity contribution is 0.0284. The zero-order chi connectivity index (χ0) is 12.3. The molecule has 1 aromatic rings. The van der Waals surface area contributed by atoms with Gasteiger partial charge in [0.05, 0.1) is 5.60 Å². The average Bonchev–Trinajstić information content (AvgIpc) is 2.49. The van der Waals surface area contributed by atoms with Crippen molar-refractivity contribution in [2.45, 2.75) is 31.3 Å². The molecule has 2 N–H and O–H groups in total. The van der Waals surface area contributed by atoms with Crippen LogP contribution in [0.2, 0.25) is 0 Å². The molecule has 1 aromatic carbocycles. The second-order valence-corrected chi connectivity index (χ2v) is 4.75. The fourth-order valence-electron chi connectivity index (χ4n) is 2.32. The summed E-state index contributed by atoms with van der Waals surface area (Å²) in [6.07, 6.45) is 2.62. The Morgan fingerprint density at radius 1 is 1.18 bits per heavy atom. The molecule has 1 aliphatic rings. The highest BCUT2D eigenvalue weighted by atomic mass is 19.2. The molecule has 1 aliphatic heterocycles. The first kappa shape index (κ1) is 12.5. The van der Waals surface area contributed by atoms with Gasteiger partial charge in [-0.3, -0.25) is 0 Å². The number of benzene rings is 1. The van der Waals surface area contributed by atoms with Crippen LogP contribution in [0.5, 0.6) is 0 Å². The second-order valence-electron chi connectivity index (χ2n) is 4.75. The van der Waals surface area contributed by atoms with Crippen LogP contribution >= 0.6 is 0 Å². The van der Waals surface area contributed by atoms with E-state index in [-0.39, 0.29) is 0 Å². The standard InChI is InChI=1S/C13H17F2NO/c14-11-3-2-10(8-12(11)15)9-13(17)4-1-6-16-7-5-13/h2-3,8,16-17H,1,4-7,9H2. The van der Waals surface area contributed by atoms with Crippen LogP contribution in [0, 0.1) is 11.6 Å². The van der Waals surface area contributed by atoms with E-state index in [2.05, 4.69) is 5.32 Å². The summed E-state index contributed by atoms with van der Waals surface area (Å²) in [6.45, 7) is 1.67. The van der Waals surface area contributed by atoms with E-state index in [1.165, 1.54) is 12.1 Å². The zero-order valence-corrected chi connectivity index (χ0v) is 9.68. The summed E-state index contributed by atoms with van der Waals surface area (Å²) < 4.78 is 25.9. The fraction of sp³-hybridized carbons (Fsp3) is 0.538. The molecule has 1 unspecified atom stereocenters. The Balaban J connectivity index is 2.10. The van der Waals surface area contributed by atoms with Crippen molar-refractivity contribution >= 4 is 0 Å². The van der Waals surface area contributed by atoms with Crippen LogP contribution < -0.4 is 5.32 Å².